The van der Waals surface area contributed by atoms with E-state index in [9.17, 15) is 0 Å². The van der Waals surface area contributed by atoms with Gasteiger partial charge < -0.3 is 24.7 Å². The quantitative estimate of drug-likeness (QED) is 0.341. The van der Waals surface area contributed by atoms with E-state index < -0.39 is 16.5 Å². The third kappa shape index (κ3) is 36.8. The van der Waals surface area contributed by atoms with Crippen molar-refractivity contribution in [2.24, 2.45) is 0 Å². The van der Waals surface area contributed by atoms with E-state index >= 15 is 0 Å². The molecule has 0 aromatic rings. The summed E-state index contributed by atoms with van der Waals surface area (Å²) in [5.74, 6) is 0. The second kappa shape index (κ2) is 15.2. The molecule has 0 bridgehead atoms. The Morgan fingerprint density at radius 2 is 1.19 bits per heavy atom. The van der Waals surface area contributed by atoms with Crippen LogP contribution in [0, 0.1) is 0 Å². The SMILES string of the molecule is CCN(CC)C(C)O.O=[PH](O)O.O=[PH](O)O. The van der Waals surface area contributed by atoms with Gasteiger partial charge in [-0.25, -0.2) is 0 Å². The molecule has 102 valence electrons. The van der Waals surface area contributed by atoms with E-state index in [1.54, 1.807) is 6.92 Å². The van der Waals surface area contributed by atoms with Crippen molar-refractivity contribution < 1.29 is 33.8 Å². The molecule has 0 fully saturated rings. The summed E-state index contributed by atoms with van der Waals surface area (Å²) in [4.78, 5) is 30.6. The van der Waals surface area contributed by atoms with E-state index in [4.69, 9.17) is 33.8 Å². The fraction of sp³-hybridized carbons (Fsp3) is 1.00. The van der Waals surface area contributed by atoms with Crippen LogP contribution >= 0.6 is 16.5 Å². The standard InChI is InChI=1S/C6H15NO.2H3O3P/c1-4-7(5-2)6(3)8;2*1-4(2)3/h6,8H,4-5H2,1-3H3;2*4H,(H2,1,2,3). The molecule has 1 unspecified atom stereocenters. The molecule has 0 aliphatic carbocycles. The Morgan fingerprint density at radius 1 is 1.00 bits per heavy atom. The van der Waals surface area contributed by atoms with Crippen LogP contribution < -0.4 is 0 Å². The molecule has 5 N–H and O–H groups in total. The zero-order valence-corrected chi connectivity index (χ0v) is 11.5. The molecule has 0 aromatic carbocycles. The Morgan fingerprint density at radius 3 is 1.19 bits per heavy atom. The normalized spacial score (nSPS) is 11.7. The summed E-state index contributed by atoms with van der Waals surface area (Å²) in [7, 11) is -6.26. The highest BCUT2D eigenvalue weighted by atomic mass is 31.1. The van der Waals surface area contributed by atoms with Gasteiger partial charge in [0, 0.05) is 0 Å². The van der Waals surface area contributed by atoms with Gasteiger partial charge in [-0.3, -0.25) is 14.0 Å². The van der Waals surface area contributed by atoms with Gasteiger partial charge in [0.2, 0.25) is 0 Å². The van der Waals surface area contributed by atoms with Gasteiger partial charge in [0.1, 0.15) is 6.23 Å². The van der Waals surface area contributed by atoms with Crippen LogP contribution in [0.1, 0.15) is 20.8 Å². The minimum absolute atomic E-state index is 0.287. The van der Waals surface area contributed by atoms with Crippen molar-refractivity contribution in [2.45, 2.75) is 27.0 Å². The van der Waals surface area contributed by atoms with Crippen LogP contribution in [0.2, 0.25) is 0 Å². The molecule has 0 aliphatic rings. The maximum atomic E-state index is 8.94. The van der Waals surface area contributed by atoms with Gasteiger partial charge in [0.05, 0.1) is 0 Å². The third-order valence-corrected chi connectivity index (χ3v) is 1.34. The topological polar surface area (TPSA) is 139 Å². The van der Waals surface area contributed by atoms with Crippen molar-refractivity contribution in [3.8, 4) is 0 Å². The number of hydrogen-bond donors (Lipinski definition) is 5. The average molecular weight is 281 g/mol. The first-order valence-electron chi connectivity index (χ1n) is 4.44. The molecule has 0 heterocycles. The number of aliphatic hydroxyl groups is 1. The number of hydrogen-bond acceptors (Lipinski definition) is 4. The zero-order chi connectivity index (χ0) is 13.7. The summed E-state index contributed by atoms with van der Waals surface area (Å²) in [5.41, 5.74) is 0. The molecule has 0 amide bonds. The van der Waals surface area contributed by atoms with Crippen molar-refractivity contribution in [1.29, 1.82) is 0 Å². The third-order valence-electron chi connectivity index (χ3n) is 1.34. The predicted molar refractivity (Wildman–Crippen MR) is 61.5 cm³/mol. The van der Waals surface area contributed by atoms with Gasteiger partial charge in [-0.05, 0) is 20.0 Å². The average Bonchev–Trinajstić information content (AvgIpc) is 2.03. The van der Waals surface area contributed by atoms with E-state index in [1.807, 2.05) is 18.7 Å². The first-order valence-corrected chi connectivity index (χ1v) is 7.05. The van der Waals surface area contributed by atoms with Gasteiger partial charge in [0.15, 0.2) is 0 Å². The lowest BCUT2D eigenvalue weighted by molar-refractivity contribution is 0.0265. The fourth-order valence-corrected chi connectivity index (χ4v) is 0.752. The van der Waals surface area contributed by atoms with E-state index in [-0.39, 0.29) is 6.23 Å². The van der Waals surface area contributed by atoms with Crippen molar-refractivity contribution in [3.63, 3.8) is 0 Å². The van der Waals surface area contributed by atoms with Crippen LogP contribution in [0.15, 0.2) is 0 Å². The minimum Gasteiger partial charge on any atom is -0.379 e. The monoisotopic (exact) mass is 281 g/mol. The Labute approximate surface area is 96.1 Å². The van der Waals surface area contributed by atoms with Gasteiger partial charge in [-0.15, -0.1) is 0 Å². The van der Waals surface area contributed by atoms with Crippen molar-refractivity contribution in [2.75, 3.05) is 13.1 Å². The molecule has 0 aliphatic heterocycles. The first-order chi connectivity index (χ1) is 7.18. The first kappa shape index (κ1) is 21.5. The second-order valence-electron chi connectivity index (χ2n) is 2.42. The van der Waals surface area contributed by atoms with Crippen molar-refractivity contribution in [1.82, 2.24) is 4.90 Å². The molecule has 1 atom stereocenters. The van der Waals surface area contributed by atoms with Gasteiger partial charge in [0.25, 0.3) is 0 Å². The van der Waals surface area contributed by atoms with E-state index in [2.05, 4.69) is 0 Å². The second-order valence-corrected chi connectivity index (χ2v) is 3.55. The van der Waals surface area contributed by atoms with Crippen molar-refractivity contribution >= 4 is 16.5 Å². The molecule has 16 heavy (non-hydrogen) atoms. The fourth-order valence-electron chi connectivity index (χ4n) is 0.752. The van der Waals surface area contributed by atoms with Crippen molar-refractivity contribution in [3.05, 3.63) is 0 Å². The summed E-state index contributed by atoms with van der Waals surface area (Å²) in [6.45, 7) is 7.71. The van der Waals surface area contributed by atoms with Gasteiger partial charge in [-0.1, -0.05) is 13.8 Å². The van der Waals surface area contributed by atoms with E-state index in [1.165, 1.54) is 0 Å². The van der Waals surface area contributed by atoms with Crippen LogP contribution in [-0.4, -0.2) is 48.9 Å². The molecular formula is C6H21NO7P2. The number of rotatable bonds is 3. The predicted octanol–water partition coefficient (Wildman–Crippen LogP) is -0.612. The molecule has 0 aromatic heterocycles. The Kier molecular flexibility index (Phi) is 20.5. The van der Waals surface area contributed by atoms with E-state index in [0.717, 1.165) is 13.1 Å². The van der Waals surface area contributed by atoms with Crippen LogP contribution in [0.3, 0.4) is 0 Å². The Hall–Kier alpha value is 0.220. The van der Waals surface area contributed by atoms with Crippen LogP contribution in [0.5, 0.6) is 0 Å². The van der Waals surface area contributed by atoms with Gasteiger partial charge >= 0.3 is 16.5 Å². The van der Waals surface area contributed by atoms with Crippen LogP contribution in [0.25, 0.3) is 0 Å². The minimum atomic E-state index is -3.13. The highest BCUT2D eigenvalue weighted by molar-refractivity contribution is 7.31. The summed E-state index contributed by atoms with van der Waals surface area (Å²) in [6.07, 6.45) is -0.287. The Balaban J connectivity index is -0.000000179. The lowest BCUT2D eigenvalue weighted by Crippen LogP contribution is -2.32. The summed E-state index contributed by atoms with van der Waals surface area (Å²) in [6, 6.07) is 0. The number of aliphatic hydroxyl groups excluding tert-OH is 1. The summed E-state index contributed by atoms with van der Waals surface area (Å²) < 4.78 is 17.5. The summed E-state index contributed by atoms with van der Waals surface area (Å²) in [5, 5.41) is 8.94. The van der Waals surface area contributed by atoms with Crippen LogP contribution in [-0.2, 0) is 9.13 Å². The lowest BCUT2D eigenvalue weighted by atomic mass is 10.5. The maximum absolute atomic E-state index is 8.94. The number of nitrogens with zero attached hydrogens (tertiary/aromatic N) is 1. The van der Waals surface area contributed by atoms with Gasteiger partial charge in [-0.2, -0.15) is 0 Å². The molecule has 0 saturated heterocycles. The smallest absolute Gasteiger partial charge is 0.314 e. The highest BCUT2D eigenvalue weighted by Crippen LogP contribution is 1.99. The molecule has 0 radical (unpaired) electrons. The van der Waals surface area contributed by atoms with E-state index in [0.29, 0.717) is 0 Å². The van der Waals surface area contributed by atoms with Crippen LogP contribution in [0.4, 0.5) is 0 Å². The summed E-state index contributed by atoms with van der Waals surface area (Å²) >= 11 is 0. The lowest BCUT2D eigenvalue weighted by Gasteiger charge is -2.20. The molecule has 0 saturated carbocycles. The molecule has 10 heteroatoms. The highest BCUT2D eigenvalue weighted by Gasteiger charge is 2.02. The Bertz CT molecular complexity index is 166. The molecule has 8 nitrogen and oxygen atoms in total. The maximum Gasteiger partial charge on any atom is 0.314 e. The molecule has 0 spiro atoms. The molecular weight excluding hydrogens is 260 g/mol. The molecule has 0 rings (SSSR count). The largest absolute Gasteiger partial charge is 0.379 e. The zero-order valence-electron chi connectivity index (χ0n) is 9.49.